The lowest BCUT2D eigenvalue weighted by molar-refractivity contribution is 0.660. The number of H-pyrrole nitrogens is 2. The van der Waals surface area contributed by atoms with Crippen molar-refractivity contribution in [2.75, 3.05) is 5.73 Å². The van der Waals surface area contributed by atoms with Crippen molar-refractivity contribution in [2.45, 2.75) is 30.6 Å². The molecule has 2 rings (SSSR count). The molecule has 0 aliphatic heterocycles. The van der Waals surface area contributed by atoms with Crippen LogP contribution >= 0.6 is 11.8 Å². The zero-order chi connectivity index (χ0) is 11.7. The van der Waals surface area contributed by atoms with Crippen LogP contribution in [0.2, 0.25) is 0 Å². The second kappa shape index (κ2) is 4.05. The van der Waals surface area contributed by atoms with Gasteiger partial charge in [-0.3, -0.25) is 4.57 Å². The van der Waals surface area contributed by atoms with Crippen LogP contribution in [0.25, 0.3) is 0 Å². The third-order valence-electron chi connectivity index (χ3n) is 2.04. The first-order chi connectivity index (χ1) is 7.61. The van der Waals surface area contributed by atoms with Crippen LogP contribution < -0.4 is 11.4 Å². The first-order valence-electron chi connectivity index (χ1n) is 4.77. The van der Waals surface area contributed by atoms with Gasteiger partial charge in [0, 0.05) is 6.54 Å². The predicted octanol–water partition coefficient (Wildman–Crippen LogP) is 0.356. The number of aryl methyl sites for hydroxylation is 1. The summed E-state index contributed by atoms with van der Waals surface area (Å²) < 4.78 is 1.52. The number of imidazole rings is 1. The molecular weight excluding hydrogens is 228 g/mol. The van der Waals surface area contributed by atoms with Crippen molar-refractivity contribution in [2.24, 2.45) is 0 Å². The van der Waals surface area contributed by atoms with E-state index in [0.29, 0.717) is 22.5 Å². The number of hydrogen-bond donors (Lipinski definition) is 3. The highest BCUT2D eigenvalue weighted by Gasteiger charge is 2.12. The Kier molecular flexibility index (Phi) is 2.73. The molecule has 0 radical (unpaired) electrons. The van der Waals surface area contributed by atoms with Gasteiger partial charge in [-0.25, -0.2) is 14.9 Å². The second-order valence-corrected chi connectivity index (χ2v) is 4.15. The van der Waals surface area contributed by atoms with Gasteiger partial charge in [-0.15, -0.1) is 5.10 Å². The summed E-state index contributed by atoms with van der Waals surface area (Å²) in [6.45, 7) is 4.25. The SMILES string of the molecule is CCn1c(Sc2nc(C)[nH]c2N)n[nH]c1=O. The largest absolute Gasteiger partial charge is 0.383 e. The van der Waals surface area contributed by atoms with E-state index in [1.807, 2.05) is 13.8 Å². The number of nitrogens with one attached hydrogen (secondary N) is 2. The lowest BCUT2D eigenvalue weighted by atomic mass is 10.7. The van der Waals surface area contributed by atoms with Crippen molar-refractivity contribution in [3.8, 4) is 0 Å². The van der Waals surface area contributed by atoms with Crippen molar-refractivity contribution in [3.05, 3.63) is 16.3 Å². The van der Waals surface area contributed by atoms with Gasteiger partial charge in [0.25, 0.3) is 0 Å². The Morgan fingerprint density at radius 2 is 2.31 bits per heavy atom. The maximum atomic E-state index is 11.3. The van der Waals surface area contributed by atoms with Crippen LogP contribution in [-0.2, 0) is 6.54 Å². The Bertz CT molecular complexity index is 553. The smallest absolute Gasteiger partial charge is 0.343 e. The molecule has 0 saturated carbocycles. The Morgan fingerprint density at radius 1 is 1.56 bits per heavy atom. The maximum Gasteiger partial charge on any atom is 0.343 e. The number of nitrogens with zero attached hydrogens (tertiary/aromatic N) is 3. The van der Waals surface area contributed by atoms with Crippen molar-refractivity contribution in [3.63, 3.8) is 0 Å². The lowest BCUT2D eigenvalue weighted by Crippen LogP contribution is -2.16. The molecule has 0 fully saturated rings. The molecule has 0 aliphatic carbocycles. The summed E-state index contributed by atoms with van der Waals surface area (Å²) in [7, 11) is 0. The van der Waals surface area contributed by atoms with Crippen LogP contribution in [0.1, 0.15) is 12.7 Å². The minimum atomic E-state index is -0.226. The highest BCUT2D eigenvalue weighted by molar-refractivity contribution is 7.99. The number of aromatic amines is 2. The lowest BCUT2D eigenvalue weighted by Gasteiger charge is -1.99. The van der Waals surface area contributed by atoms with Gasteiger partial charge in [0.05, 0.1) is 0 Å². The summed E-state index contributed by atoms with van der Waals surface area (Å²) in [5.74, 6) is 1.22. The standard InChI is InChI=1S/C8H12N6OS/c1-3-14-7(15)12-13-8(14)16-6-5(9)10-4(2)11-6/h3,9H2,1-2H3,(H,10,11)(H,12,15). The summed E-state index contributed by atoms with van der Waals surface area (Å²) in [5, 5.41) is 7.50. The molecule has 0 amide bonds. The molecule has 16 heavy (non-hydrogen) atoms. The molecule has 0 unspecified atom stereocenters. The number of nitrogens with two attached hydrogens (primary N) is 1. The predicted molar refractivity (Wildman–Crippen MR) is 60.4 cm³/mol. The third kappa shape index (κ3) is 1.83. The quantitative estimate of drug-likeness (QED) is 0.718. The molecule has 0 saturated heterocycles. The van der Waals surface area contributed by atoms with Gasteiger partial charge < -0.3 is 10.7 Å². The highest BCUT2D eigenvalue weighted by Crippen LogP contribution is 2.27. The number of aromatic nitrogens is 5. The molecule has 4 N–H and O–H groups in total. The van der Waals surface area contributed by atoms with E-state index in [2.05, 4.69) is 20.2 Å². The first kappa shape index (κ1) is 10.8. The van der Waals surface area contributed by atoms with Crippen LogP contribution in [0.4, 0.5) is 5.82 Å². The fourth-order valence-electron chi connectivity index (χ4n) is 1.31. The normalized spacial score (nSPS) is 10.9. The topological polar surface area (TPSA) is 105 Å². The van der Waals surface area contributed by atoms with E-state index in [9.17, 15) is 4.79 Å². The minimum Gasteiger partial charge on any atom is -0.383 e. The summed E-state index contributed by atoms with van der Waals surface area (Å²) in [6.07, 6.45) is 0. The Hall–Kier alpha value is -1.70. The van der Waals surface area contributed by atoms with Crippen molar-refractivity contribution in [1.82, 2.24) is 24.7 Å². The van der Waals surface area contributed by atoms with E-state index in [1.165, 1.54) is 16.3 Å². The van der Waals surface area contributed by atoms with Gasteiger partial charge in [0.1, 0.15) is 16.7 Å². The van der Waals surface area contributed by atoms with E-state index < -0.39 is 0 Å². The van der Waals surface area contributed by atoms with Gasteiger partial charge in [0.15, 0.2) is 5.16 Å². The van der Waals surface area contributed by atoms with Gasteiger partial charge in [-0.2, -0.15) is 0 Å². The van der Waals surface area contributed by atoms with Crippen LogP contribution in [0.3, 0.4) is 0 Å². The molecule has 0 aromatic carbocycles. The maximum absolute atomic E-state index is 11.3. The number of rotatable bonds is 3. The molecule has 0 bridgehead atoms. The van der Waals surface area contributed by atoms with E-state index >= 15 is 0 Å². The van der Waals surface area contributed by atoms with Gasteiger partial charge >= 0.3 is 5.69 Å². The van der Waals surface area contributed by atoms with Crippen molar-refractivity contribution in [1.29, 1.82) is 0 Å². The number of anilines is 1. The van der Waals surface area contributed by atoms with E-state index in [4.69, 9.17) is 5.73 Å². The fourth-order valence-corrected chi connectivity index (χ4v) is 2.24. The summed E-state index contributed by atoms with van der Waals surface area (Å²) >= 11 is 1.26. The monoisotopic (exact) mass is 240 g/mol. The average Bonchev–Trinajstić information content (AvgIpc) is 2.72. The number of hydrogen-bond acceptors (Lipinski definition) is 5. The van der Waals surface area contributed by atoms with Gasteiger partial charge in [-0.05, 0) is 25.6 Å². The fraction of sp³-hybridized carbons (Fsp3) is 0.375. The molecule has 0 spiro atoms. The second-order valence-electron chi connectivity index (χ2n) is 3.20. The molecule has 8 heteroatoms. The molecular formula is C8H12N6OS. The summed E-state index contributed by atoms with van der Waals surface area (Å²) in [4.78, 5) is 18.4. The number of nitrogen functional groups attached to an aromatic ring is 1. The zero-order valence-electron chi connectivity index (χ0n) is 8.94. The minimum absolute atomic E-state index is 0.226. The molecule has 0 atom stereocenters. The van der Waals surface area contributed by atoms with E-state index in [1.54, 1.807) is 0 Å². The molecule has 0 aliphatic rings. The average molecular weight is 240 g/mol. The van der Waals surface area contributed by atoms with Gasteiger partial charge in [0.2, 0.25) is 0 Å². The van der Waals surface area contributed by atoms with E-state index in [-0.39, 0.29) is 5.69 Å². The van der Waals surface area contributed by atoms with Crippen LogP contribution in [-0.4, -0.2) is 24.7 Å². The Morgan fingerprint density at radius 3 is 2.88 bits per heavy atom. The van der Waals surface area contributed by atoms with Crippen LogP contribution in [0.5, 0.6) is 0 Å². The molecule has 7 nitrogen and oxygen atoms in total. The van der Waals surface area contributed by atoms with Crippen LogP contribution in [0, 0.1) is 6.92 Å². The van der Waals surface area contributed by atoms with E-state index in [0.717, 1.165) is 5.82 Å². The molecule has 2 heterocycles. The zero-order valence-corrected chi connectivity index (χ0v) is 9.76. The summed E-state index contributed by atoms with van der Waals surface area (Å²) in [6, 6.07) is 0. The van der Waals surface area contributed by atoms with Crippen molar-refractivity contribution >= 4 is 17.6 Å². The third-order valence-corrected chi connectivity index (χ3v) is 3.04. The van der Waals surface area contributed by atoms with Crippen molar-refractivity contribution < 1.29 is 0 Å². The van der Waals surface area contributed by atoms with Gasteiger partial charge in [-0.1, -0.05) is 0 Å². The summed E-state index contributed by atoms with van der Waals surface area (Å²) in [5.41, 5.74) is 5.50. The first-order valence-corrected chi connectivity index (χ1v) is 5.58. The molecule has 86 valence electrons. The Labute approximate surface area is 95.5 Å². The highest BCUT2D eigenvalue weighted by atomic mass is 32.2. The Balaban J connectivity index is 2.33. The molecule has 2 aromatic rings. The molecule has 2 aromatic heterocycles. The van der Waals surface area contributed by atoms with Crippen LogP contribution in [0.15, 0.2) is 15.0 Å².